The highest BCUT2D eigenvalue weighted by Gasteiger charge is 2.29. The first-order valence-corrected chi connectivity index (χ1v) is 10.9. The van der Waals surface area contributed by atoms with Gasteiger partial charge in [0, 0.05) is 18.8 Å². The van der Waals surface area contributed by atoms with Gasteiger partial charge in [-0.1, -0.05) is 25.8 Å². The third kappa shape index (κ3) is 9.04. The molecule has 0 aliphatic heterocycles. The molecule has 4 amide bonds. The summed E-state index contributed by atoms with van der Waals surface area (Å²) in [5.74, 6) is -2.44. The van der Waals surface area contributed by atoms with Crippen molar-refractivity contribution in [2.24, 2.45) is 16.9 Å². The maximum absolute atomic E-state index is 13.0. The highest BCUT2D eigenvalue weighted by molar-refractivity contribution is 5.93. The number of nitrogens with two attached hydrogens (primary N) is 1. The average molecular weight is 480 g/mol. The molecule has 0 spiro atoms. The topological polar surface area (TPSA) is 178 Å². The number of benzene rings is 1. The van der Waals surface area contributed by atoms with Crippen molar-refractivity contribution in [3.8, 4) is 11.5 Å². The van der Waals surface area contributed by atoms with Crippen molar-refractivity contribution in [3.63, 3.8) is 0 Å². The van der Waals surface area contributed by atoms with E-state index < -0.39 is 41.6 Å². The molecule has 0 aliphatic carbocycles. The molecule has 0 aliphatic rings. The van der Waals surface area contributed by atoms with E-state index in [0.29, 0.717) is 29.9 Å². The largest absolute Gasteiger partial charge is 0.493 e. The monoisotopic (exact) mass is 479 g/mol. The second kappa shape index (κ2) is 14.4. The summed E-state index contributed by atoms with van der Waals surface area (Å²) in [6, 6.07) is 3.00. The van der Waals surface area contributed by atoms with Crippen LogP contribution in [-0.4, -0.2) is 49.9 Å². The SMILES string of the molecule is CCCCC(CC(=O)NN=O)C(=O)NC(Cc1ccc(OC)c(OC)c1)C(=O)NC(C)C(N)=O. The third-order valence-corrected chi connectivity index (χ3v) is 5.19. The molecular formula is C22H33N5O7. The Morgan fingerprint density at radius 1 is 1.06 bits per heavy atom. The van der Waals surface area contributed by atoms with Gasteiger partial charge in [-0.2, -0.15) is 0 Å². The van der Waals surface area contributed by atoms with Crippen LogP contribution in [0.25, 0.3) is 0 Å². The van der Waals surface area contributed by atoms with Crippen molar-refractivity contribution in [1.82, 2.24) is 16.1 Å². The van der Waals surface area contributed by atoms with Gasteiger partial charge < -0.3 is 25.8 Å². The first-order chi connectivity index (χ1) is 16.2. The van der Waals surface area contributed by atoms with Gasteiger partial charge in [0.15, 0.2) is 11.5 Å². The first-order valence-electron chi connectivity index (χ1n) is 10.9. The van der Waals surface area contributed by atoms with Gasteiger partial charge in [0.05, 0.1) is 19.5 Å². The number of nitroso groups, excluding NO2 is 1. The minimum absolute atomic E-state index is 0.0615. The Bertz CT molecular complexity index is 877. The smallest absolute Gasteiger partial charge is 0.243 e. The Labute approximate surface area is 198 Å². The number of unbranched alkanes of at least 4 members (excludes halogenated alkanes) is 1. The Balaban J connectivity index is 3.16. The summed E-state index contributed by atoms with van der Waals surface area (Å²) < 4.78 is 10.5. The average Bonchev–Trinajstić information content (AvgIpc) is 2.80. The highest BCUT2D eigenvalue weighted by atomic mass is 16.5. The number of nitrogens with one attached hydrogen (secondary N) is 3. The van der Waals surface area contributed by atoms with E-state index in [4.69, 9.17) is 15.2 Å². The van der Waals surface area contributed by atoms with E-state index in [2.05, 4.69) is 15.9 Å². The minimum atomic E-state index is -1.08. The van der Waals surface area contributed by atoms with Crippen molar-refractivity contribution in [3.05, 3.63) is 28.7 Å². The summed E-state index contributed by atoms with van der Waals surface area (Å²) >= 11 is 0. The number of carbonyl (C=O) groups excluding carboxylic acids is 4. The van der Waals surface area contributed by atoms with E-state index in [1.807, 2.05) is 6.92 Å². The third-order valence-electron chi connectivity index (χ3n) is 5.19. The zero-order valence-electron chi connectivity index (χ0n) is 19.9. The summed E-state index contributed by atoms with van der Waals surface area (Å²) in [7, 11) is 2.96. The Morgan fingerprint density at radius 2 is 1.74 bits per heavy atom. The lowest BCUT2D eigenvalue weighted by atomic mass is 9.96. The van der Waals surface area contributed by atoms with Gasteiger partial charge in [0.1, 0.15) is 12.1 Å². The van der Waals surface area contributed by atoms with Crippen LogP contribution >= 0.6 is 0 Å². The van der Waals surface area contributed by atoms with Crippen molar-refractivity contribution in [2.75, 3.05) is 14.2 Å². The second-order valence-corrected chi connectivity index (χ2v) is 7.76. The molecule has 1 rings (SSSR count). The van der Waals surface area contributed by atoms with Gasteiger partial charge in [-0.25, -0.2) is 5.43 Å². The molecule has 0 fully saturated rings. The van der Waals surface area contributed by atoms with Crippen LogP contribution in [0.1, 0.15) is 45.1 Å². The van der Waals surface area contributed by atoms with E-state index in [1.165, 1.54) is 21.1 Å². The van der Waals surface area contributed by atoms with E-state index >= 15 is 0 Å². The highest BCUT2D eigenvalue weighted by Crippen LogP contribution is 2.28. The Kier molecular flexibility index (Phi) is 12.0. The first kappa shape index (κ1) is 28.3. The van der Waals surface area contributed by atoms with Gasteiger partial charge >= 0.3 is 0 Å². The van der Waals surface area contributed by atoms with E-state index in [1.54, 1.807) is 23.6 Å². The van der Waals surface area contributed by atoms with Crippen molar-refractivity contribution < 1.29 is 28.7 Å². The standard InChI is InChI=1S/C22H33N5O7/c1-5-6-7-15(12-19(28)26-27-32)21(30)25-16(22(31)24-13(2)20(23)29)10-14-8-9-17(33-3)18(11-14)34-4/h8-9,11,13,15-16H,5-7,10,12H2,1-4H3,(H2,23,29)(H,24,31)(H,25,30)(H,26,28,32). The molecule has 34 heavy (non-hydrogen) atoms. The summed E-state index contributed by atoms with van der Waals surface area (Å²) in [6.07, 6.45) is 1.61. The van der Waals surface area contributed by atoms with Crippen LogP contribution < -0.4 is 31.3 Å². The summed E-state index contributed by atoms with van der Waals surface area (Å²) in [5.41, 5.74) is 7.67. The van der Waals surface area contributed by atoms with Gasteiger partial charge in [-0.15, -0.1) is 4.91 Å². The van der Waals surface area contributed by atoms with Crippen LogP contribution in [0.4, 0.5) is 0 Å². The van der Waals surface area contributed by atoms with Crippen molar-refractivity contribution in [2.45, 2.75) is 58.0 Å². The lowest BCUT2D eigenvalue weighted by Gasteiger charge is -2.23. The molecule has 0 heterocycles. The molecule has 0 saturated heterocycles. The summed E-state index contributed by atoms with van der Waals surface area (Å²) in [5, 5.41) is 7.49. The second-order valence-electron chi connectivity index (χ2n) is 7.76. The van der Waals surface area contributed by atoms with E-state index in [9.17, 15) is 24.1 Å². The number of nitrogens with zero attached hydrogens (tertiary/aromatic N) is 1. The normalized spacial score (nSPS) is 13.1. The van der Waals surface area contributed by atoms with Gasteiger partial charge in [0.2, 0.25) is 23.6 Å². The molecule has 1 aromatic rings. The zero-order valence-corrected chi connectivity index (χ0v) is 19.9. The fraction of sp³-hybridized carbons (Fsp3) is 0.545. The zero-order chi connectivity index (χ0) is 25.7. The number of primary amides is 1. The lowest BCUT2D eigenvalue weighted by molar-refractivity contribution is -0.134. The van der Waals surface area contributed by atoms with E-state index in [-0.39, 0.29) is 12.8 Å². The number of ether oxygens (including phenoxy) is 2. The number of hydrogen-bond acceptors (Lipinski definition) is 8. The predicted octanol–water partition coefficient (Wildman–Crippen LogP) is 0.715. The number of rotatable bonds is 15. The van der Waals surface area contributed by atoms with Crippen LogP contribution in [0.3, 0.4) is 0 Å². The van der Waals surface area contributed by atoms with Crippen LogP contribution in [0, 0.1) is 10.8 Å². The number of amides is 4. The molecular weight excluding hydrogens is 446 g/mol. The van der Waals surface area contributed by atoms with Gasteiger partial charge in [0.25, 0.3) is 0 Å². The molecule has 0 saturated carbocycles. The number of hydrogen-bond donors (Lipinski definition) is 4. The van der Waals surface area contributed by atoms with Crippen LogP contribution in [-0.2, 0) is 25.6 Å². The summed E-state index contributed by atoms with van der Waals surface area (Å²) in [6.45, 7) is 3.36. The predicted molar refractivity (Wildman–Crippen MR) is 124 cm³/mol. The molecule has 188 valence electrons. The van der Waals surface area contributed by atoms with Crippen LogP contribution in [0.2, 0.25) is 0 Å². The summed E-state index contributed by atoms with van der Waals surface area (Å²) in [4.78, 5) is 59.5. The number of methoxy groups -OCH3 is 2. The molecule has 1 aromatic carbocycles. The maximum Gasteiger partial charge on any atom is 0.243 e. The quantitative estimate of drug-likeness (QED) is 0.211. The molecule has 3 atom stereocenters. The number of carbonyl (C=O) groups is 4. The molecule has 3 unspecified atom stereocenters. The van der Waals surface area contributed by atoms with Crippen LogP contribution in [0.15, 0.2) is 23.5 Å². The Morgan fingerprint density at radius 3 is 2.29 bits per heavy atom. The molecule has 12 heteroatoms. The molecule has 12 nitrogen and oxygen atoms in total. The Hall–Kier alpha value is -3.70. The fourth-order valence-electron chi connectivity index (χ4n) is 3.22. The lowest BCUT2D eigenvalue weighted by Crippen LogP contribution is -2.53. The van der Waals surface area contributed by atoms with Crippen molar-refractivity contribution >= 4 is 23.6 Å². The molecule has 5 N–H and O–H groups in total. The van der Waals surface area contributed by atoms with Crippen molar-refractivity contribution in [1.29, 1.82) is 0 Å². The maximum atomic E-state index is 13.0. The molecule has 0 radical (unpaired) electrons. The molecule has 0 bridgehead atoms. The van der Waals surface area contributed by atoms with Crippen LogP contribution in [0.5, 0.6) is 11.5 Å². The van der Waals surface area contributed by atoms with Gasteiger partial charge in [-0.3, -0.25) is 19.2 Å². The fourth-order valence-corrected chi connectivity index (χ4v) is 3.22. The van der Waals surface area contributed by atoms with E-state index in [0.717, 1.165) is 6.42 Å². The van der Waals surface area contributed by atoms with Gasteiger partial charge in [-0.05, 0) is 31.0 Å². The molecule has 0 aromatic heterocycles. The minimum Gasteiger partial charge on any atom is -0.493 e.